The lowest BCUT2D eigenvalue weighted by Gasteiger charge is -2.10. The SMILES string of the molecule is CCCCNS(=O)(=O)c1cccc(NC(=O)Cc2c(C)nn(-c3ccc(F)cc3)c2C)c1. The summed E-state index contributed by atoms with van der Waals surface area (Å²) in [4.78, 5) is 12.8. The molecule has 2 aromatic carbocycles. The number of hydrogen-bond acceptors (Lipinski definition) is 4. The fraction of sp³-hybridized carbons (Fsp3) is 0.304. The van der Waals surface area contributed by atoms with E-state index < -0.39 is 10.0 Å². The Kier molecular flexibility index (Phi) is 7.42. The second-order valence-electron chi connectivity index (χ2n) is 7.54. The molecule has 170 valence electrons. The van der Waals surface area contributed by atoms with E-state index in [9.17, 15) is 17.6 Å². The number of unbranched alkanes of at least 4 members (excludes halogenated alkanes) is 1. The van der Waals surface area contributed by atoms with Crippen LogP contribution in [0.25, 0.3) is 5.69 Å². The number of rotatable bonds is 9. The molecule has 0 radical (unpaired) electrons. The lowest BCUT2D eigenvalue weighted by Crippen LogP contribution is -2.25. The van der Waals surface area contributed by atoms with Crippen LogP contribution in [0.1, 0.15) is 36.7 Å². The monoisotopic (exact) mass is 458 g/mol. The molecule has 0 bridgehead atoms. The number of carbonyl (C=O) groups excluding carboxylic acids is 1. The van der Waals surface area contributed by atoms with E-state index in [-0.39, 0.29) is 23.0 Å². The molecule has 0 saturated carbocycles. The van der Waals surface area contributed by atoms with Crippen LogP contribution in [-0.4, -0.2) is 30.7 Å². The fourth-order valence-corrected chi connectivity index (χ4v) is 4.46. The number of nitrogens with one attached hydrogen (secondary N) is 2. The van der Waals surface area contributed by atoms with Gasteiger partial charge in [0.2, 0.25) is 15.9 Å². The molecule has 0 saturated heterocycles. The summed E-state index contributed by atoms with van der Waals surface area (Å²) >= 11 is 0. The van der Waals surface area contributed by atoms with Crippen molar-refractivity contribution in [1.29, 1.82) is 0 Å². The predicted molar refractivity (Wildman–Crippen MR) is 122 cm³/mol. The molecule has 2 N–H and O–H groups in total. The van der Waals surface area contributed by atoms with Crippen molar-refractivity contribution in [3.63, 3.8) is 0 Å². The number of aromatic nitrogens is 2. The van der Waals surface area contributed by atoms with Crippen molar-refractivity contribution in [3.8, 4) is 5.69 Å². The van der Waals surface area contributed by atoms with Crippen LogP contribution in [0.3, 0.4) is 0 Å². The quantitative estimate of drug-likeness (QED) is 0.476. The van der Waals surface area contributed by atoms with Crippen molar-refractivity contribution in [3.05, 3.63) is 71.3 Å². The van der Waals surface area contributed by atoms with Gasteiger partial charge in [-0.15, -0.1) is 0 Å². The number of aryl methyl sites for hydroxylation is 1. The third-order valence-electron chi connectivity index (χ3n) is 5.10. The average molecular weight is 459 g/mol. The fourth-order valence-electron chi connectivity index (χ4n) is 3.34. The lowest BCUT2D eigenvalue weighted by molar-refractivity contribution is -0.115. The van der Waals surface area contributed by atoms with Gasteiger partial charge >= 0.3 is 0 Å². The molecule has 0 fully saturated rings. The summed E-state index contributed by atoms with van der Waals surface area (Å²) in [5.74, 6) is -0.622. The molecule has 0 aliphatic carbocycles. The molecule has 0 unspecified atom stereocenters. The first-order chi connectivity index (χ1) is 15.2. The zero-order valence-corrected chi connectivity index (χ0v) is 19.2. The molecule has 0 atom stereocenters. The smallest absolute Gasteiger partial charge is 0.240 e. The zero-order chi connectivity index (χ0) is 23.3. The number of halogens is 1. The molecule has 0 aliphatic heterocycles. The Morgan fingerprint density at radius 1 is 1.12 bits per heavy atom. The third kappa shape index (κ3) is 5.60. The van der Waals surface area contributed by atoms with Gasteiger partial charge < -0.3 is 5.32 Å². The van der Waals surface area contributed by atoms with E-state index >= 15 is 0 Å². The number of hydrogen-bond donors (Lipinski definition) is 2. The summed E-state index contributed by atoms with van der Waals surface area (Å²) in [5, 5.41) is 7.24. The van der Waals surface area contributed by atoms with Crippen molar-refractivity contribution < 1.29 is 17.6 Å². The largest absolute Gasteiger partial charge is 0.326 e. The first-order valence-corrected chi connectivity index (χ1v) is 11.9. The summed E-state index contributed by atoms with van der Waals surface area (Å²) in [6, 6.07) is 12.1. The second kappa shape index (κ2) is 10.1. The Bertz CT molecular complexity index is 1200. The van der Waals surface area contributed by atoms with E-state index in [2.05, 4.69) is 15.1 Å². The molecule has 0 aliphatic rings. The highest BCUT2D eigenvalue weighted by atomic mass is 32.2. The maximum Gasteiger partial charge on any atom is 0.240 e. The predicted octanol–water partition coefficient (Wildman–Crippen LogP) is 3.89. The maximum atomic E-state index is 13.2. The van der Waals surface area contributed by atoms with Crippen LogP contribution >= 0.6 is 0 Å². The van der Waals surface area contributed by atoms with E-state index in [1.807, 2.05) is 20.8 Å². The Labute approximate surface area is 187 Å². The molecule has 1 amide bonds. The van der Waals surface area contributed by atoms with Gasteiger partial charge in [0.25, 0.3) is 0 Å². The molecule has 1 heterocycles. The normalized spacial score (nSPS) is 11.5. The minimum absolute atomic E-state index is 0.0740. The van der Waals surface area contributed by atoms with E-state index in [1.165, 1.54) is 24.3 Å². The second-order valence-corrected chi connectivity index (χ2v) is 9.31. The Morgan fingerprint density at radius 3 is 2.53 bits per heavy atom. The van der Waals surface area contributed by atoms with Crippen molar-refractivity contribution in [2.45, 2.75) is 44.9 Å². The first kappa shape index (κ1) is 23.6. The Morgan fingerprint density at radius 2 is 1.84 bits per heavy atom. The highest BCUT2D eigenvalue weighted by molar-refractivity contribution is 7.89. The molecule has 3 aromatic rings. The summed E-state index contributed by atoms with van der Waals surface area (Å²) < 4.78 is 42.3. The van der Waals surface area contributed by atoms with E-state index in [1.54, 1.807) is 28.9 Å². The van der Waals surface area contributed by atoms with E-state index in [0.29, 0.717) is 23.6 Å². The van der Waals surface area contributed by atoms with E-state index in [4.69, 9.17) is 0 Å². The van der Waals surface area contributed by atoms with Crippen LogP contribution < -0.4 is 10.0 Å². The zero-order valence-electron chi connectivity index (χ0n) is 18.4. The molecule has 3 rings (SSSR count). The number of benzene rings is 2. The third-order valence-corrected chi connectivity index (χ3v) is 6.56. The number of anilines is 1. The standard InChI is InChI=1S/C23H27FN4O3S/c1-4-5-13-25-32(30,31)21-8-6-7-19(14-21)26-23(29)15-22-16(2)27-28(17(22)3)20-11-9-18(24)10-12-20/h6-12,14,25H,4-5,13,15H2,1-3H3,(H,26,29). The lowest BCUT2D eigenvalue weighted by atomic mass is 10.1. The van der Waals surface area contributed by atoms with Crippen molar-refractivity contribution in [1.82, 2.24) is 14.5 Å². The topological polar surface area (TPSA) is 93.1 Å². The summed E-state index contributed by atoms with van der Waals surface area (Å²) in [7, 11) is -3.63. The maximum absolute atomic E-state index is 13.2. The minimum Gasteiger partial charge on any atom is -0.326 e. The van der Waals surface area contributed by atoms with Gasteiger partial charge in [0.1, 0.15) is 5.82 Å². The van der Waals surface area contributed by atoms with Crippen LogP contribution in [0.4, 0.5) is 10.1 Å². The van der Waals surface area contributed by atoms with Crippen molar-refractivity contribution >= 4 is 21.6 Å². The molecular formula is C23H27FN4O3S. The van der Waals surface area contributed by atoms with Crippen LogP contribution in [0.15, 0.2) is 53.4 Å². The van der Waals surface area contributed by atoms with Crippen LogP contribution in [0, 0.1) is 19.7 Å². The van der Waals surface area contributed by atoms with Crippen molar-refractivity contribution in [2.75, 3.05) is 11.9 Å². The van der Waals surface area contributed by atoms with Gasteiger partial charge in [-0.3, -0.25) is 4.79 Å². The van der Waals surface area contributed by atoms with Gasteiger partial charge in [0, 0.05) is 23.5 Å². The Hall–Kier alpha value is -3.04. The Balaban J connectivity index is 1.73. The summed E-state index contributed by atoms with van der Waals surface area (Å²) in [5.41, 5.74) is 3.33. The summed E-state index contributed by atoms with van der Waals surface area (Å²) in [6.45, 7) is 6.01. The highest BCUT2D eigenvalue weighted by Crippen LogP contribution is 2.20. The molecule has 1 aromatic heterocycles. The molecule has 9 heteroatoms. The first-order valence-electron chi connectivity index (χ1n) is 10.4. The molecular weight excluding hydrogens is 431 g/mol. The van der Waals surface area contributed by atoms with Gasteiger partial charge in [-0.05, 0) is 62.7 Å². The van der Waals surface area contributed by atoms with Gasteiger partial charge in [-0.2, -0.15) is 5.10 Å². The van der Waals surface area contributed by atoms with Gasteiger partial charge in [-0.1, -0.05) is 19.4 Å². The number of amides is 1. The average Bonchev–Trinajstić information content (AvgIpc) is 3.03. The highest BCUT2D eigenvalue weighted by Gasteiger charge is 2.18. The summed E-state index contributed by atoms with van der Waals surface area (Å²) in [6.07, 6.45) is 1.71. The van der Waals surface area contributed by atoms with Crippen LogP contribution in [0.2, 0.25) is 0 Å². The van der Waals surface area contributed by atoms with Crippen LogP contribution in [-0.2, 0) is 21.2 Å². The number of sulfonamides is 1. The number of carbonyl (C=O) groups is 1. The molecule has 7 nitrogen and oxygen atoms in total. The van der Waals surface area contributed by atoms with E-state index in [0.717, 1.165) is 24.1 Å². The molecule has 0 spiro atoms. The van der Waals surface area contributed by atoms with Gasteiger partial charge in [0.05, 0.1) is 22.7 Å². The van der Waals surface area contributed by atoms with Gasteiger partial charge in [0.15, 0.2) is 0 Å². The number of nitrogens with zero attached hydrogens (tertiary/aromatic N) is 2. The minimum atomic E-state index is -3.63. The van der Waals surface area contributed by atoms with Crippen molar-refractivity contribution in [2.24, 2.45) is 0 Å². The molecule has 32 heavy (non-hydrogen) atoms. The van der Waals surface area contributed by atoms with Crippen LogP contribution in [0.5, 0.6) is 0 Å². The van der Waals surface area contributed by atoms with Gasteiger partial charge in [-0.25, -0.2) is 22.2 Å².